The third kappa shape index (κ3) is 10.2. The van der Waals surface area contributed by atoms with Gasteiger partial charge in [0.05, 0.1) is 19.4 Å². The summed E-state index contributed by atoms with van der Waals surface area (Å²) in [4.78, 5) is 64.0. The van der Waals surface area contributed by atoms with Crippen molar-refractivity contribution in [2.75, 3.05) is 19.7 Å². The first-order chi connectivity index (χ1) is 17.3. The Kier molecular flexibility index (Phi) is 12.1. The van der Waals surface area contributed by atoms with Crippen molar-refractivity contribution in [1.29, 1.82) is 0 Å². The highest BCUT2D eigenvalue weighted by Gasteiger charge is 2.37. The van der Waals surface area contributed by atoms with E-state index >= 15 is 0 Å². The minimum absolute atomic E-state index is 0.0129. The molecule has 0 bridgehead atoms. The summed E-state index contributed by atoms with van der Waals surface area (Å²) in [7, 11) is 0. The number of hydrogen-bond acceptors (Lipinski definition) is 7. The molecule has 0 aliphatic heterocycles. The monoisotopic (exact) mass is 516 g/mol. The molecule has 0 aliphatic rings. The second kappa shape index (κ2) is 14.5. The molecular weight excluding hydrogens is 480 g/mol. The normalized spacial score (nSPS) is 12.3. The fraction of sp³-hybridized carbons (Fsp3) is 0.500. The number of primary amides is 1. The highest BCUT2D eigenvalue weighted by Crippen LogP contribution is 2.26. The molecule has 202 valence electrons. The second-order valence-corrected chi connectivity index (χ2v) is 8.97. The van der Waals surface area contributed by atoms with Gasteiger partial charge in [0.1, 0.15) is 17.7 Å². The van der Waals surface area contributed by atoms with Crippen LogP contribution in [0.25, 0.3) is 0 Å². The van der Waals surface area contributed by atoms with Gasteiger partial charge < -0.3 is 30.7 Å². The number of nitrogens with one attached hydrogen (secondary N) is 2. The van der Waals surface area contributed by atoms with E-state index in [1.807, 2.05) is 0 Å². The van der Waals surface area contributed by atoms with Gasteiger partial charge in [0, 0.05) is 18.7 Å². The van der Waals surface area contributed by atoms with Crippen LogP contribution in [-0.4, -0.2) is 66.0 Å². The lowest BCUT2D eigenvalue weighted by Crippen LogP contribution is -2.54. The molecule has 0 saturated heterocycles. The minimum atomic E-state index is -1.40. The van der Waals surface area contributed by atoms with Crippen molar-refractivity contribution in [2.45, 2.75) is 65.1 Å². The molecule has 0 heterocycles. The number of alkyl carbamates (subject to hydrolysis) is 1. The Balaban J connectivity index is 3.37. The van der Waals surface area contributed by atoms with Gasteiger partial charge in [0.15, 0.2) is 0 Å². The molecule has 1 aromatic rings. The van der Waals surface area contributed by atoms with Gasteiger partial charge in [-0.25, -0.2) is 4.79 Å². The predicted octanol–water partition coefficient (Wildman–Crippen LogP) is 1.40. The van der Waals surface area contributed by atoms with Gasteiger partial charge in [0.25, 0.3) is 0 Å². The van der Waals surface area contributed by atoms with Gasteiger partial charge in [-0.1, -0.05) is 24.1 Å². The van der Waals surface area contributed by atoms with Crippen molar-refractivity contribution in [1.82, 2.24) is 15.5 Å². The number of carbonyl (C=O) groups excluding carboxylic acids is 5. The summed E-state index contributed by atoms with van der Waals surface area (Å²) >= 11 is 0. The number of terminal acetylenes is 1. The van der Waals surface area contributed by atoms with Gasteiger partial charge in [-0.3, -0.25) is 19.2 Å². The molecule has 2 atom stereocenters. The van der Waals surface area contributed by atoms with Crippen LogP contribution in [0.3, 0.4) is 0 Å². The van der Waals surface area contributed by atoms with Crippen molar-refractivity contribution in [3.05, 3.63) is 35.4 Å². The predicted molar refractivity (Wildman–Crippen MR) is 136 cm³/mol. The number of nitrogens with zero attached hydrogens (tertiary/aromatic N) is 1. The molecule has 37 heavy (non-hydrogen) atoms. The smallest absolute Gasteiger partial charge is 0.408 e. The van der Waals surface area contributed by atoms with Gasteiger partial charge in [-0.2, -0.15) is 0 Å². The number of rotatable bonds is 12. The van der Waals surface area contributed by atoms with Crippen LogP contribution in [-0.2, 0) is 28.7 Å². The topological polar surface area (TPSA) is 157 Å². The van der Waals surface area contributed by atoms with E-state index in [1.165, 1.54) is 4.90 Å². The summed E-state index contributed by atoms with van der Waals surface area (Å²) in [6.45, 7) is 8.40. The summed E-state index contributed by atoms with van der Waals surface area (Å²) in [5.74, 6) is -0.190. The Bertz CT molecular complexity index is 1030. The zero-order valence-corrected chi connectivity index (χ0v) is 22.0. The number of nitrogens with two attached hydrogens (primary N) is 1. The largest absolute Gasteiger partial charge is 0.466 e. The molecule has 2 unspecified atom stereocenters. The molecule has 0 radical (unpaired) electrons. The molecule has 4 amide bonds. The van der Waals surface area contributed by atoms with E-state index in [9.17, 15) is 24.0 Å². The van der Waals surface area contributed by atoms with E-state index in [2.05, 4.69) is 16.6 Å². The maximum atomic E-state index is 13.6. The molecule has 11 nitrogen and oxygen atoms in total. The third-order valence-corrected chi connectivity index (χ3v) is 4.92. The Labute approximate surface area is 217 Å². The van der Waals surface area contributed by atoms with Gasteiger partial charge in [-0.15, -0.1) is 6.42 Å². The van der Waals surface area contributed by atoms with Crippen LogP contribution in [0.15, 0.2) is 24.3 Å². The lowest BCUT2D eigenvalue weighted by molar-refractivity contribution is -0.144. The maximum absolute atomic E-state index is 13.6. The molecule has 0 spiro atoms. The summed E-state index contributed by atoms with van der Waals surface area (Å²) < 4.78 is 10.1. The fourth-order valence-electron chi connectivity index (χ4n) is 3.45. The number of esters is 1. The molecule has 1 aromatic carbocycles. The van der Waals surface area contributed by atoms with Crippen molar-refractivity contribution in [2.24, 2.45) is 5.73 Å². The minimum Gasteiger partial charge on any atom is -0.466 e. The van der Waals surface area contributed by atoms with Gasteiger partial charge in [0.2, 0.25) is 17.7 Å². The standard InChI is InChI=1S/C26H36N4O7/c1-7-17-12-10-11-13-18(17)22(23(33)28-15-14-21(32)36-9-3)30(8-2)24(34)19(16-20(27)31)29-25(35)37-26(4,5)6/h1,10-13,19,22H,8-9,14-16H2,2-6H3,(H2,27,31)(H,28,33)(H,29,35). The third-order valence-electron chi connectivity index (χ3n) is 4.92. The van der Waals surface area contributed by atoms with E-state index in [0.717, 1.165) is 0 Å². The molecule has 11 heteroatoms. The lowest BCUT2D eigenvalue weighted by Gasteiger charge is -2.34. The Morgan fingerprint density at radius 2 is 1.78 bits per heavy atom. The Hall–Kier alpha value is -4.07. The second-order valence-electron chi connectivity index (χ2n) is 8.97. The summed E-state index contributed by atoms with van der Waals surface area (Å²) in [5, 5.41) is 5.02. The molecular formula is C26H36N4O7. The van der Waals surface area contributed by atoms with E-state index < -0.39 is 53.9 Å². The number of amides is 4. The molecule has 4 N–H and O–H groups in total. The van der Waals surface area contributed by atoms with Crippen LogP contribution in [0.5, 0.6) is 0 Å². The van der Waals surface area contributed by atoms with E-state index in [1.54, 1.807) is 58.9 Å². The van der Waals surface area contributed by atoms with Crippen LogP contribution >= 0.6 is 0 Å². The molecule has 0 saturated carbocycles. The zero-order valence-electron chi connectivity index (χ0n) is 22.0. The number of ether oxygens (including phenoxy) is 2. The Morgan fingerprint density at radius 3 is 2.32 bits per heavy atom. The number of benzene rings is 1. The number of hydrogen-bond donors (Lipinski definition) is 3. The van der Waals surface area contributed by atoms with E-state index in [-0.39, 0.29) is 26.1 Å². The van der Waals surface area contributed by atoms with Gasteiger partial charge in [-0.05, 0) is 46.2 Å². The lowest BCUT2D eigenvalue weighted by atomic mass is 9.97. The average molecular weight is 517 g/mol. The summed E-state index contributed by atoms with van der Waals surface area (Å²) in [6.07, 6.45) is 4.12. The van der Waals surface area contributed by atoms with E-state index in [4.69, 9.17) is 21.6 Å². The summed E-state index contributed by atoms with van der Waals surface area (Å²) in [6, 6.07) is 3.93. The zero-order chi connectivity index (χ0) is 28.2. The van der Waals surface area contributed by atoms with E-state index in [0.29, 0.717) is 11.1 Å². The van der Waals surface area contributed by atoms with Crippen molar-refractivity contribution in [3.63, 3.8) is 0 Å². The number of likely N-dealkylation sites (N-methyl/N-ethyl adjacent to an activating group) is 1. The van der Waals surface area contributed by atoms with Gasteiger partial charge >= 0.3 is 12.1 Å². The Morgan fingerprint density at radius 1 is 1.14 bits per heavy atom. The highest BCUT2D eigenvalue weighted by molar-refractivity contribution is 5.94. The van der Waals surface area contributed by atoms with Crippen LogP contribution in [0.2, 0.25) is 0 Å². The summed E-state index contributed by atoms with van der Waals surface area (Å²) in [5.41, 5.74) is 5.19. The van der Waals surface area contributed by atoms with Crippen molar-refractivity contribution in [3.8, 4) is 12.3 Å². The molecule has 0 aromatic heterocycles. The van der Waals surface area contributed by atoms with Crippen molar-refractivity contribution < 1.29 is 33.4 Å². The first kappa shape index (κ1) is 31.0. The molecule has 1 rings (SSSR count). The molecule has 0 fully saturated rings. The van der Waals surface area contributed by atoms with Crippen LogP contribution in [0.4, 0.5) is 4.79 Å². The first-order valence-corrected chi connectivity index (χ1v) is 11.9. The van der Waals surface area contributed by atoms with Crippen molar-refractivity contribution >= 4 is 29.8 Å². The SMILES string of the molecule is C#Cc1ccccc1C(C(=O)NCCC(=O)OCC)N(CC)C(=O)C(CC(N)=O)NC(=O)OC(C)(C)C. The molecule has 0 aliphatic carbocycles. The first-order valence-electron chi connectivity index (χ1n) is 11.9. The fourth-order valence-corrected chi connectivity index (χ4v) is 3.45. The maximum Gasteiger partial charge on any atom is 0.408 e. The number of carbonyl (C=O) groups is 5. The average Bonchev–Trinajstić information content (AvgIpc) is 2.80. The van der Waals surface area contributed by atoms with Crippen LogP contribution < -0.4 is 16.4 Å². The van der Waals surface area contributed by atoms with Crippen LogP contribution in [0.1, 0.15) is 64.6 Å². The quantitative estimate of drug-likeness (QED) is 0.280. The highest BCUT2D eigenvalue weighted by atomic mass is 16.6. The van der Waals surface area contributed by atoms with Crippen LogP contribution in [0, 0.1) is 12.3 Å².